The first-order chi connectivity index (χ1) is 7.00. The highest BCUT2D eigenvalue weighted by Crippen LogP contribution is 2.13. The van der Waals surface area contributed by atoms with Gasteiger partial charge in [-0.3, -0.25) is 4.90 Å². The van der Waals surface area contributed by atoms with Crippen LogP contribution >= 0.6 is 0 Å². The molecule has 0 amide bonds. The molecule has 2 N–H and O–H groups in total. The molecule has 0 heterocycles. The van der Waals surface area contributed by atoms with E-state index in [0.29, 0.717) is 12.0 Å². The summed E-state index contributed by atoms with van der Waals surface area (Å²) in [4.78, 5) is 2.37. The van der Waals surface area contributed by atoms with E-state index in [1.54, 1.807) is 0 Å². The number of nitrogens with two attached hydrogens (primary N) is 1. The molecule has 2 heteroatoms. The Bertz CT molecular complexity index is 290. The summed E-state index contributed by atoms with van der Waals surface area (Å²) >= 11 is 0. The van der Waals surface area contributed by atoms with Crippen LogP contribution in [0.2, 0.25) is 0 Å². The van der Waals surface area contributed by atoms with Crippen LogP contribution in [0, 0.1) is 5.92 Å². The maximum Gasteiger partial charge on any atom is 0.0314 e. The van der Waals surface area contributed by atoms with Gasteiger partial charge in [0.1, 0.15) is 0 Å². The lowest BCUT2D eigenvalue weighted by Crippen LogP contribution is -2.32. The normalized spacial score (nSPS) is 13.5. The molecule has 0 aromatic heterocycles. The van der Waals surface area contributed by atoms with Crippen LogP contribution in [0.1, 0.15) is 26.3 Å². The van der Waals surface area contributed by atoms with Gasteiger partial charge in [0, 0.05) is 18.3 Å². The lowest BCUT2D eigenvalue weighted by molar-refractivity contribution is 0.200. The van der Waals surface area contributed by atoms with Gasteiger partial charge in [-0.25, -0.2) is 0 Å². The van der Waals surface area contributed by atoms with E-state index in [1.165, 1.54) is 5.56 Å². The molecule has 0 saturated heterocycles. The van der Waals surface area contributed by atoms with Gasteiger partial charge in [0.25, 0.3) is 0 Å². The summed E-state index contributed by atoms with van der Waals surface area (Å²) in [7, 11) is 2.17. The lowest BCUT2D eigenvalue weighted by atomic mass is 10.0. The Balaban J connectivity index is 2.58. The zero-order chi connectivity index (χ0) is 11.4. The van der Waals surface area contributed by atoms with Crippen LogP contribution in [0.25, 0.3) is 0 Å². The van der Waals surface area contributed by atoms with Gasteiger partial charge in [-0.15, -0.1) is 0 Å². The van der Waals surface area contributed by atoms with Crippen LogP contribution in [0.15, 0.2) is 24.3 Å². The second-order valence-corrected chi connectivity index (χ2v) is 4.64. The molecule has 1 unspecified atom stereocenters. The summed E-state index contributed by atoms with van der Waals surface area (Å²) in [5.41, 5.74) is 7.80. The fourth-order valence-corrected chi connectivity index (χ4v) is 1.56. The van der Waals surface area contributed by atoms with Crippen molar-refractivity contribution in [2.75, 3.05) is 12.8 Å². The van der Waals surface area contributed by atoms with Gasteiger partial charge in [0.05, 0.1) is 0 Å². The van der Waals surface area contributed by atoms with Crippen molar-refractivity contribution in [2.24, 2.45) is 5.92 Å². The van der Waals surface area contributed by atoms with E-state index in [9.17, 15) is 0 Å². The van der Waals surface area contributed by atoms with Crippen LogP contribution in [0.4, 0.5) is 5.69 Å². The second-order valence-electron chi connectivity index (χ2n) is 4.64. The first kappa shape index (κ1) is 12.1. The molecule has 84 valence electrons. The molecule has 0 radical (unpaired) electrons. The average molecular weight is 206 g/mol. The quantitative estimate of drug-likeness (QED) is 0.768. The molecule has 2 nitrogen and oxygen atoms in total. The van der Waals surface area contributed by atoms with E-state index < -0.39 is 0 Å². The summed E-state index contributed by atoms with van der Waals surface area (Å²) < 4.78 is 0. The third-order valence-corrected chi connectivity index (χ3v) is 3.07. The number of rotatable bonds is 4. The Hall–Kier alpha value is -1.02. The van der Waals surface area contributed by atoms with E-state index >= 15 is 0 Å². The molecule has 15 heavy (non-hydrogen) atoms. The Morgan fingerprint density at radius 2 is 1.67 bits per heavy atom. The molecule has 0 bridgehead atoms. The second kappa shape index (κ2) is 5.17. The average Bonchev–Trinajstić information content (AvgIpc) is 2.20. The van der Waals surface area contributed by atoms with Crippen molar-refractivity contribution in [3.05, 3.63) is 29.8 Å². The number of anilines is 1. The van der Waals surface area contributed by atoms with E-state index in [-0.39, 0.29) is 0 Å². The number of nitrogens with zero attached hydrogens (tertiary/aromatic N) is 1. The molecule has 0 aliphatic heterocycles. The number of nitrogen functional groups attached to an aromatic ring is 1. The van der Waals surface area contributed by atoms with Crippen molar-refractivity contribution in [1.29, 1.82) is 0 Å². The van der Waals surface area contributed by atoms with Crippen molar-refractivity contribution in [3.8, 4) is 0 Å². The fourth-order valence-electron chi connectivity index (χ4n) is 1.56. The van der Waals surface area contributed by atoms with Crippen LogP contribution in [0.3, 0.4) is 0 Å². The summed E-state index contributed by atoms with van der Waals surface area (Å²) in [6.45, 7) is 7.76. The van der Waals surface area contributed by atoms with Crippen LogP contribution in [-0.4, -0.2) is 18.0 Å². The summed E-state index contributed by atoms with van der Waals surface area (Å²) in [5, 5.41) is 0. The fraction of sp³-hybridized carbons (Fsp3) is 0.538. The van der Waals surface area contributed by atoms with E-state index in [0.717, 1.165) is 12.2 Å². The van der Waals surface area contributed by atoms with E-state index in [4.69, 9.17) is 5.73 Å². The van der Waals surface area contributed by atoms with E-state index in [2.05, 4.69) is 44.9 Å². The molecule has 1 aromatic rings. The van der Waals surface area contributed by atoms with Gasteiger partial charge in [0.2, 0.25) is 0 Å². The predicted molar refractivity (Wildman–Crippen MR) is 66.6 cm³/mol. The standard InChI is InChI=1S/C13H22N2/c1-10(2)11(3)15(4)9-12-5-7-13(14)8-6-12/h5-8,10-11H,9,14H2,1-4H3. The maximum atomic E-state index is 5.65. The van der Waals surface area contributed by atoms with Gasteiger partial charge < -0.3 is 5.73 Å². The zero-order valence-electron chi connectivity index (χ0n) is 10.2. The monoisotopic (exact) mass is 206 g/mol. The molecule has 1 aromatic carbocycles. The van der Waals surface area contributed by atoms with Gasteiger partial charge in [-0.1, -0.05) is 26.0 Å². The molecule has 1 rings (SSSR count). The van der Waals surface area contributed by atoms with Crippen LogP contribution in [-0.2, 0) is 6.54 Å². The smallest absolute Gasteiger partial charge is 0.0314 e. The Morgan fingerprint density at radius 1 is 1.13 bits per heavy atom. The molecular formula is C13H22N2. The summed E-state index contributed by atoms with van der Waals surface area (Å²) in [5.74, 6) is 0.684. The molecule has 0 fully saturated rings. The highest BCUT2D eigenvalue weighted by atomic mass is 15.1. The largest absolute Gasteiger partial charge is 0.399 e. The van der Waals surface area contributed by atoms with Gasteiger partial charge >= 0.3 is 0 Å². The summed E-state index contributed by atoms with van der Waals surface area (Å²) in [6, 6.07) is 8.71. The minimum atomic E-state index is 0.600. The van der Waals surface area contributed by atoms with E-state index in [1.807, 2.05) is 12.1 Å². The predicted octanol–water partition coefficient (Wildman–Crippen LogP) is 2.75. The molecule has 0 spiro atoms. The zero-order valence-corrected chi connectivity index (χ0v) is 10.2. The Labute approximate surface area is 93.1 Å². The SMILES string of the molecule is CC(C)C(C)N(C)Cc1ccc(N)cc1. The lowest BCUT2D eigenvalue weighted by Gasteiger charge is -2.27. The van der Waals surface area contributed by atoms with Gasteiger partial charge in [-0.05, 0) is 37.6 Å². The number of hydrogen-bond donors (Lipinski definition) is 1. The number of hydrogen-bond acceptors (Lipinski definition) is 2. The molecule has 0 aliphatic rings. The van der Waals surface area contributed by atoms with Crippen LogP contribution in [0.5, 0.6) is 0 Å². The highest BCUT2D eigenvalue weighted by molar-refractivity contribution is 5.39. The van der Waals surface area contributed by atoms with Crippen LogP contribution < -0.4 is 5.73 Å². The van der Waals surface area contributed by atoms with Gasteiger partial charge in [0.15, 0.2) is 0 Å². The first-order valence-electron chi connectivity index (χ1n) is 5.55. The third-order valence-electron chi connectivity index (χ3n) is 3.07. The minimum Gasteiger partial charge on any atom is -0.399 e. The summed E-state index contributed by atoms with van der Waals surface area (Å²) in [6.07, 6.45) is 0. The topological polar surface area (TPSA) is 29.3 Å². The molecule has 0 aliphatic carbocycles. The van der Waals surface area contributed by atoms with Crippen molar-refractivity contribution >= 4 is 5.69 Å². The maximum absolute atomic E-state index is 5.65. The highest BCUT2D eigenvalue weighted by Gasteiger charge is 2.12. The van der Waals surface area contributed by atoms with Crippen molar-refractivity contribution < 1.29 is 0 Å². The molecule has 0 saturated carbocycles. The minimum absolute atomic E-state index is 0.600. The van der Waals surface area contributed by atoms with Crippen molar-refractivity contribution in [3.63, 3.8) is 0 Å². The van der Waals surface area contributed by atoms with Gasteiger partial charge in [-0.2, -0.15) is 0 Å². The Kier molecular flexibility index (Phi) is 4.15. The van der Waals surface area contributed by atoms with Crippen molar-refractivity contribution in [1.82, 2.24) is 4.90 Å². The Morgan fingerprint density at radius 3 is 2.13 bits per heavy atom. The molecule has 1 atom stereocenters. The third kappa shape index (κ3) is 3.56. The molecular weight excluding hydrogens is 184 g/mol. The first-order valence-corrected chi connectivity index (χ1v) is 5.55. The number of benzene rings is 1. The van der Waals surface area contributed by atoms with Crippen molar-refractivity contribution in [2.45, 2.75) is 33.4 Å².